The maximum absolute atomic E-state index is 10.9. The van der Waals surface area contributed by atoms with Gasteiger partial charge in [-0.15, -0.1) is 0 Å². The zero-order valence-electron chi connectivity index (χ0n) is 7.77. The molecule has 0 unspecified atom stereocenters. The fourth-order valence-corrected chi connectivity index (χ4v) is 2.91. The highest BCUT2D eigenvalue weighted by atomic mass is 32.2. The quantitative estimate of drug-likeness (QED) is 0.598. The van der Waals surface area contributed by atoms with Crippen LogP contribution >= 0.6 is 0 Å². The number of piperidine rings is 3. The predicted octanol–water partition coefficient (Wildman–Crippen LogP) is 0.0568. The Bertz CT molecular complexity index is 280. The Morgan fingerprint density at radius 3 is 2.31 bits per heavy atom. The lowest BCUT2D eigenvalue weighted by Gasteiger charge is -2.43. The molecular weight excluding hydrogens is 190 g/mol. The molecule has 3 rings (SSSR count). The summed E-state index contributed by atoms with van der Waals surface area (Å²) in [5, 5.41) is 0. The van der Waals surface area contributed by atoms with Gasteiger partial charge in [0.15, 0.2) is 0 Å². The predicted molar refractivity (Wildman–Crippen MR) is 48.9 cm³/mol. The Hall–Kier alpha value is -0.130. The Labute approximate surface area is 79.0 Å². The van der Waals surface area contributed by atoms with Gasteiger partial charge in [0.25, 0.3) is 10.1 Å². The minimum absolute atomic E-state index is 0.0856. The number of rotatable bonds is 2. The number of fused-ring (bicyclic) bond motifs is 3. The van der Waals surface area contributed by atoms with E-state index in [1.54, 1.807) is 0 Å². The molecule has 0 spiro atoms. The molecule has 2 bridgehead atoms. The second kappa shape index (κ2) is 3.22. The summed E-state index contributed by atoms with van der Waals surface area (Å²) in [5.41, 5.74) is 0. The van der Waals surface area contributed by atoms with E-state index in [4.69, 9.17) is 4.18 Å². The van der Waals surface area contributed by atoms with Gasteiger partial charge in [-0.25, -0.2) is 0 Å². The van der Waals surface area contributed by atoms with E-state index in [0.717, 1.165) is 38.7 Å². The largest absolute Gasteiger partial charge is 0.301 e. The van der Waals surface area contributed by atoms with E-state index in [1.165, 1.54) is 0 Å². The number of hydrogen-bond acceptors (Lipinski definition) is 4. The highest BCUT2D eigenvalue weighted by Crippen LogP contribution is 2.30. The lowest BCUT2D eigenvalue weighted by Crippen LogP contribution is -2.51. The van der Waals surface area contributed by atoms with Crippen LogP contribution in [0.4, 0.5) is 0 Å². The van der Waals surface area contributed by atoms with Crippen LogP contribution in [0.1, 0.15) is 12.8 Å². The van der Waals surface area contributed by atoms with Crippen LogP contribution < -0.4 is 0 Å². The Morgan fingerprint density at radius 2 is 1.92 bits per heavy atom. The van der Waals surface area contributed by atoms with Crippen LogP contribution in [-0.2, 0) is 14.3 Å². The molecule has 0 aromatic rings. The molecule has 3 heterocycles. The third kappa shape index (κ3) is 2.21. The SMILES string of the molecule is CS(=O)(=O)O[C@@H]1CN2CCC1CC2. The van der Waals surface area contributed by atoms with Crippen LogP contribution in [0.5, 0.6) is 0 Å². The molecule has 1 atom stereocenters. The van der Waals surface area contributed by atoms with Gasteiger partial charge in [0, 0.05) is 6.54 Å². The normalized spacial score (nSPS) is 39.3. The highest BCUT2D eigenvalue weighted by molar-refractivity contribution is 7.86. The van der Waals surface area contributed by atoms with E-state index >= 15 is 0 Å². The van der Waals surface area contributed by atoms with E-state index < -0.39 is 10.1 Å². The molecule has 3 aliphatic heterocycles. The molecule has 0 aliphatic carbocycles. The molecule has 13 heavy (non-hydrogen) atoms. The first-order valence-corrected chi connectivity index (χ1v) is 6.47. The zero-order valence-corrected chi connectivity index (χ0v) is 8.59. The van der Waals surface area contributed by atoms with E-state index in [9.17, 15) is 8.42 Å². The van der Waals surface area contributed by atoms with E-state index in [1.807, 2.05) is 0 Å². The van der Waals surface area contributed by atoms with E-state index in [0.29, 0.717) is 5.92 Å². The van der Waals surface area contributed by atoms with Gasteiger partial charge < -0.3 is 4.90 Å². The number of hydrogen-bond donors (Lipinski definition) is 0. The van der Waals surface area contributed by atoms with Crippen molar-refractivity contribution in [3.8, 4) is 0 Å². The van der Waals surface area contributed by atoms with Gasteiger partial charge in [0.2, 0.25) is 0 Å². The average Bonchev–Trinajstić information content (AvgIpc) is 2.03. The second-order valence-corrected chi connectivity index (χ2v) is 5.58. The van der Waals surface area contributed by atoms with Crippen LogP contribution in [0, 0.1) is 5.92 Å². The summed E-state index contributed by atoms with van der Waals surface area (Å²) in [6.07, 6.45) is 3.21. The molecule has 3 aliphatic rings. The third-order valence-corrected chi connectivity index (χ3v) is 3.49. The van der Waals surface area contributed by atoms with Crippen molar-refractivity contribution in [2.45, 2.75) is 18.9 Å². The van der Waals surface area contributed by atoms with Crippen LogP contribution in [0.15, 0.2) is 0 Å². The molecule has 4 nitrogen and oxygen atoms in total. The van der Waals surface area contributed by atoms with Gasteiger partial charge >= 0.3 is 0 Å². The smallest absolute Gasteiger partial charge is 0.264 e. The molecule has 3 saturated heterocycles. The summed E-state index contributed by atoms with van der Waals surface area (Å²) in [4.78, 5) is 2.27. The summed E-state index contributed by atoms with van der Waals surface area (Å²) in [6.45, 7) is 3.00. The average molecular weight is 205 g/mol. The molecule has 0 aromatic carbocycles. The maximum atomic E-state index is 10.9. The Kier molecular flexibility index (Phi) is 2.33. The van der Waals surface area contributed by atoms with Gasteiger partial charge in [-0.2, -0.15) is 8.42 Å². The van der Waals surface area contributed by atoms with Crippen molar-refractivity contribution in [2.75, 3.05) is 25.9 Å². The van der Waals surface area contributed by atoms with Crippen molar-refractivity contribution in [1.82, 2.24) is 4.90 Å². The van der Waals surface area contributed by atoms with Crippen LogP contribution in [-0.4, -0.2) is 45.3 Å². The second-order valence-electron chi connectivity index (χ2n) is 3.98. The van der Waals surface area contributed by atoms with Crippen LogP contribution in [0.3, 0.4) is 0 Å². The van der Waals surface area contributed by atoms with Crippen molar-refractivity contribution < 1.29 is 12.6 Å². The van der Waals surface area contributed by atoms with Gasteiger partial charge in [-0.1, -0.05) is 0 Å². The van der Waals surface area contributed by atoms with Gasteiger partial charge in [-0.3, -0.25) is 4.18 Å². The maximum Gasteiger partial charge on any atom is 0.264 e. The van der Waals surface area contributed by atoms with Crippen molar-refractivity contribution in [2.24, 2.45) is 5.92 Å². The first kappa shape index (κ1) is 9.43. The summed E-state index contributed by atoms with van der Waals surface area (Å²) in [6, 6.07) is 0. The van der Waals surface area contributed by atoms with Crippen molar-refractivity contribution in [1.29, 1.82) is 0 Å². The summed E-state index contributed by atoms with van der Waals surface area (Å²) in [7, 11) is -3.27. The van der Waals surface area contributed by atoms with Crippen LogP contribution in [0.2, 0.25) is 0 Å². The number of nitrogens with zero attached hydrogens (tertiary/aromatic N) is 1. The molecule has 0 aromatic heterocycles. The topological polar surface area (TPSA) is 46.6 Å². The lowest BCUT2D eigenvalue weighted by atomic mass is 9.86. The first-order chi connectivity index (χ1) is 6.04. The Morgan fingerprint density at radius 1 is 1.31 bits per heavy atom. The molecule has 0 saturated carbocycles. The van der Waals surface area contributed by atoms with E-state index in [2.05, 4.69) is 4.90 Å². The first-order valence-electron chi connectivity index (χ1n) is 4.65. The molecule has 0 N–H and O–H groups in total. The summed E-state index contributed by atoms with van der Waals surface area (Å²) >= 11 is 0. The summed E-state index contributed by atoms with van der Waals surface area (Å²) in [5.74, 6) is 0.458. The standard InChI is InChI=1S/C8H15NO3S/c1-13(10,11)12-8-6-9-4-2-7(8)3-5-9/h7-8H,2-6H2,1H3/t8-/m1/s1. The molecule has 0 radical (unpaired) electrons. The fourth-order valence-electron chi connectivity index (χ4n) is 2.24. The minimum Gasteiger partial charge on any atom is -0.301 e. The molecule has 76 valence electrons. The van der Waals surface area contributed by atoms with Crippen LogP contribution in [0.25, 0.3) is 0 Å². The fraction of sp³-hybridized carbons (Fsp3) is 1.00. The minimum atomic E-state index is -3.27. The molecule has 0 amide bonds. The van der Waals surface area contributed by atoms with Crippen molar-refractivity contribution in [3.05, 3.63) is 0 Å². The van der Waals surface area contributed by atoms with Gasteiger partial charge in [-0.05, 0) is 31.8 Å². The third-order valence-electron chi connectivity index (χ3n) is 2.89. The van der Waals surface area contributed by atoms with Crippen molar-refractivity contribution in [3.63, 3.8) is 0 Å². The molecule has 5 heteroatoms. The molecular formula is C8H15NO3S. The van der Waals surface area contributed by atoms with E-state index in [-0.39, 0.29) is 6.10 Å². The Balaban J connectivity index is 2.01. The molecule has 3 fully saturated rings. The van der Waals surface area contributed by atoms with Gasteiger partial charge in [0.05, 0.1) is 12.4 Å². The lowest BCUT2D eigenvalue weighted by molar-refractivity contribution is -0.00379. The zero-order chi connectivity index (χ0) is 9.47. The highest BCUT2D eigenvalue weighted by Gasteiger charge is 2.36. The summed E-state index contributed by atoms with van der Waals surface area (Å²) < 4.78 is 26.9. The monoisotopic (exact) mass is 205 g/mol. The van der Waals surface area contributed by atoms with Crippen molar-refractivity contribution >= 4 is 10.1 Å². The van der Waals surface area contributed by atoms with Gasteiger partial charge in [0.1, 0.15) is 0 Å².